The highest BCUT2D eigenvalue weighted by Gasteiger charge is 2.11. The van der Waals surface area contributed by atoms with Crippen molar-refractivity contribution < 1.29 is 4.79 Å². The van der Waals surface area contributed by atoms with Crippen LogP contribution in [0.5, 0.6) is 0 Å². The monoisotopic (exact) mass is 295 g/mol. The van der Waals surface area contributed by atoms with E-state index in [1.54, 1.807) is 17.7 Å². The van der Waals surface area contributed by atoms with E-state index in [9.17, 15) is 4.79 Å². The molecule has 0 unspecified atom stereocenters. The number of thioether (sulfide) groups is 1. The Morgan fingerprint density at radius 3 is 2.95 bits per heavy atom. The largest absolute Gasteiger partial charge is 0.353 e. The van der Waals surface area contributed by atoms with E-state index >= 15 is 0 Å². The molecule has 4 nitrogen and oxygen atoms in total. The van der Waals surface area contributed by atoms with Gasteiger partial charge in [-0.15, -0.1) is 11.3 Å². The van der Waals surface area contributed by atoms with Crippen LogP contribution in [0.1, 0.15) is 26.7 Å². The fourth-order valence-corrected chi connectivity index (χ4v) is 3.52. The first-order valence-electron chi connectivity index (χ1n) is 6.35. The van der Waals surface area contributed by atoms with Crippen molar-refractivity contribution in [3.63, 3.8) is 0 Å². The summed E-state index contributed by atoms with van der Waals surface area (Å²) in [6.45, 7) is 4.17. The first kappa shape index (κ1) is 14.3. The molecule has 2 rings (SSSR count). The highest BCUT2D eigenvalue weighted by atomic mass is 32.2. The topological polar surface area (TPSA) is 54.9 Å². The molecule has 0 fully saturated rings. The molecule has 1 N–H and O–H groups in total. The van der Waals surface area contributed by atoms with Gasteiger partial charge in [0.2, 0.25) is 5.91 Å². The Labute approximate surface area is 121 Å². The fourth-order valence-electron chi connectivity index (χ4n) is 1.77. The molecule has 19 heavy (non-hydrogen) atoms. The molecule has 0 saturated heterocycles. The van der Waals surface area contributed by atoms with E-state index in [2.05, 4.69) is 29.1 Å². The Kier molecular flexibility index (Phi) is 5.15. The quantitative estimate of drug-likeness (QED) is 0.657. The van der Waals surface area contributed by atoms with Gasteiger partial charge in [0, 0.05) is 6.04 Å². The summed E-state index contributed by atoms with van der Waals surface area (Å²) >= 11 is 3.08. The molecule has 0 spiro atoms. The number of carbonyl (C=O) groups is 1. The summed E-state index contributed by atoms with van der Waals surface area (Å²) in [6, 6.07) is 2.25. The van der Waals surface area contributed by atoms with Crippen molar-refractivity contribution >= 4 is 39.2 Å². The number of amides is 1. The average Bonchev–Trinajstić information content (AvgIpc) is 2.91. The summed E-state index contributed by atoms with van der Waals surface area (Å²) in [6.07, 6.45) is 3.49. The van der Waals surface area contributed by atoms with Crippen LogP contribution in [0.25, 0.3) is 10.2 Å². The van der Waals surface area contributed by atoms with E-state index in [4.69, 9.17) is 0 Å². The minimum atomic E-state index is 0.0713. The third kappa shape index (κ3) is 3.67. The predicted molar refractivity (Wildman–Crippen MR) is 80.7 cm³/mol. The van der Waals surface area contributed by atoms with Gasteiger partial charge in [0.15, 0.2) is 0 Å². The Morgan fingerprint density at radius 2 is 2.21 bits per heavy atom. The molecule has 1 amide bonds. The van der Waals surface area contributed by atoms with Crippen LogP contribution in [-0.4, -0.2) is 27.7 Å². The highest BCUT2D eigenvalue weighted by molar-refractivity contribution is 8.00. The summed E-state index contributed by atoms with van der Waals surface area (Å²) in [4.78, 5) is 20.3. The van der Waals surface area contributed by atoms with Crippen LogP contribution in [0.15, 0.2) is 22.8 Å². The maximum atomic E-state index is 11.8. The van der Waals surface area contributed by atoms with Crippen LogP contribution in [0.2, 0.25) is 0 Å². The van der Waals surface area contributed by atoms with E-state index in [-0.39, 0.29) is 11.9 Å². The summed E-state index contributed by atoms with van der Waals surface area (Å²) in [5, 5.41) is 5.91. The molecular weight excluding hydrogens is 278 g/mol. The molecule has 0 aliphatic heterocycles. The number of nitrogens with one attached hydrogen (secondary N) is 1. The number of hydrogen-bond donors (Lipinski definition) is 1. The first-order chi connectivity index (χ1) is 9.24. The lowest BCUT2D eigenvalue weighted by Crippen LogP contribution is -2.35. The van der Waals surface area contributed by atoms with E-state index in [1.165, 1.54) is 11.8 Å². The molecule has 2 heterocycles. The SMILES string of the molecule is CCC(CC)NC(=O)CSc1ncnc2ccsc12. The van der Waals surface area contributed by atoms with Gasteiger partial charge in [-0.2, -0.15) is 0 Å². The lowest BCUT2D eigenvalue weighted by molar-refractivity contribution is -0.119. The summed E-state index contributed by atoms with van der Waals surface area (Å²) in [5.74, 6) is 0.475. The number of aromatic nitrogens is 2. The van der Waals surface area contributed by atoms with Gasteiger partial charge in [0.1, 0.15) is 11.4 Å². The summed E-state index contributed by atoms with van der Waals surface area (Å²) in [5.41, 5.74) is 0.947. The van der Waals surface area contributed by atoms with Crippen LogP contribution in [0, 0.1) is 0 Å². The minimum Gasteiger partial charge on any atom is -0.353 e. The van der Waals surface area contributed by atoms with Gasteiger partial charge in [-0.1, -0.05) is 25.6 Å². The standard InChI is InChI=1S/C13H17N3OS2/c1-3-9(4-2)16-11(17)7-19-13-12-10(5-6-18-12)14-8-15-13/h5-6,8-9H,3-4,7H2,1-2H3,(H,16,17). The van der Waals surface area contributed by atoms with E-state index in [0.29, 0.717) is 5.75 Å². The lowest BCUT2D eigenvalue weighted by Gasteiger charge is -2.14. The first-order valence-corrected chi connectivity index (χ1v) is 8.21. The van der Waals surface area contributed by atoms with Crippen molar-refractivity contribution in [3.8, 4) is 0 Å². The van der Waals surface area contributed by atoms with Crippen molar-refractivity contribution in [3.05, 3.63) is 17.8 Å². The second kappa shape index (κ2) is 6.86. The van der Waals surface area contributed by atoms with Gasteiger partial charge in [0.25, 0.3) is 0 Å². The van der Waals surface area contributed by atoms with Gasteiger partial charge in [-0.3, -0.25) is 4.79 Å². The zero-order valence-electron chi connectivity index (χ0n) is 11.0. The van der Waals surface area contributed by atoms with Crippen LogP contribution in [-0.2, 0) is 4.79 Å². The predicted octanol–water partition coefficient (Wildman–Crippen LogP) is 3.09. The molecule has 0 aromatic carbocycles. The van der Waals surface area contributed by atoms with Crippen molar-refractivity contribution in [2.24, 2.45) is 0 Å². The second-order valence-electron chi connectivity index (χ2n) is 4.18. The smallest absolute Gasteiger partial charge is 0.230 e. The van der Waals surface area contributed by atoms with Crippen LogP contribution in [0.3, 0.4) is 0 Å². The minimum absolute atomic E-state index is 0.0713. The highest BCUT2D eigenvalue weighted by Crippen LogP contribution is 2.28. The maximum absolute atomic E-state index is 11.8. The Bertz CT molecular complexity index is 552. The summed E-state index contributed by atoms with van der Waals surface area (Å²) in [7, 11) is 0. The number of carbonyl (C=O) groups excluding carboxylic acids is 1. The van der Waals surface area contributed by atoms with Crippen molar-refractivity contribution in [1.82, 2.24) is 15.3 Å². The third-order valence-corrected chi connectivity index (χ3v) is 4.93. The number of rotatable bonds is 6. The van der Waals surface area contributed by atoms with Crippen LogP contribution < -0.4 is 5.32 Å². The van der Waals surface area contributed by atoms with E-state index < -0.39 is 0 Å². The van der Waals surface area contributed by atoms with Gasteiger partial charge < -0.3 is 5.32 Å². The number of fused-ring (bicyclic) bond motifs is 1. The third-order valence-electron chi connectivity index (χ3n) is 2.90. The Morgan fingerprint density at radius 1 is 1.42 bits per heavy atom. The van der Waals surface area contributed by atoms with E-state index in [1.807, 2.05) is 11.4 Å². The molecule has 2 aromatic heterocycles. The van der Waals surface area contributed by atoms with Gasteiger partial charge in [-0.05, 0) is 24.3 Å². The molecule has 6 heteroatoms. The number of thiophene rings is 1. The zero-order valence-corrected chi connectivity index (χ0v) is 12.7. The fraction of sp³-hybridized carbons (Fsp3) is 0.462. The normalized spacial score (nSPS) is 11.1. The molecule has 2 aromatic rings. The molecule has 0 radical (unpaired) electrons. The summed E-state index contributed by atoms with van der Waals surface area (Å²) < 4.78 is 1.06. The zero-order chi connectivity index (χ0) is 13.7. The van der Waals surface area contributed by atoms with E-state index in [0.717, 1.165) is 28.1 Å². The molecular formula is C13H17N3OS2. The van der Waals surface area contributed by atoms with Gasteiger partial charge >= 0.3 is 0 Å². The van der Waals surface area contributed by atoms with Crippen molar-refractivity contribution in [2.75, 3.05) is 5.75 Å². The molecule has 0 atom stereocenters. The second-order valence-corrected chi connectivity index (χ2v) is 6.06. The Balaban J connectivity index is 1.95. The van der Waals surface area contributed by atoms with Crippen molar-refractivity contribution in [1.29, 1.82) is 0 Å². The molecule has 0 aliphatic rings. The van der Waals surface area contributed by atoms with Gasteiger partial charge in [-0.25, -0.2) is 9.97 Å². The maximum Gasteiger partial charge on any atom is 0.230 e. The van der Waals surface area contributed by atoms with Crippen molar-refractivity contribution in [2.45, 2.75) is 37.8 Å². The number of nitrogens with zero attached hydrogens (tertiary/aromatic N) is 2. The lowest BCUT2D eigenvalue weighted by atomic mass is 10.2. The number of hydrogen-bond acceptors (Lipinski definition) is 5. The van der Waals surface area contributed by atoms with Crippen LogP contribution in [0.4, 0.5) is 0 Å². The van der Waals surface area contributed by atoms with Gasteiger partial charge in [0.05, 0.1) is 16.0 Å². The Hall–Kier alpha value is -1.14. The average molecular weight is 295 g/mol. The molecule has 0 saturated carbocycles. The molecule has 0 aliphatic carbocycles. The molecule has 0 bridgehead atoms. The van der Waals surface area contributed by atoms with Crippen LogP contribution >= 0.6 is 23.1 Å². The molecule has 102 valence electrons.